The van der Waals surface area contributed by atoms with Crippen LogP contribution in [-0.2, 0) is 0 Å². The Hall–Kier alpha value is -0.300. The lowest BCUT2D eigenvalue weighted by molar-refractivity contribution is 0.178. The van der Waals surface area contributed by atoms with Crippen LogP contribution in [0.3, 0.4) is 0 Å². The molecular weight excluding hydrogens is 194 g/mol. The molecule has 0 radical (unpaired) electrons. The molecule has 2 saturated heterocycles. The van der Waals surface area contributed by atoms with E-state index in [4.69, 9.17) is 0 Å². The van der Waals surface area contributed by atoms with E-state index in [2.05, 4.69) is 31.7 Å². The number of hydrogen-bond donors (Lipinski definition) is 0. The highest BCUT2D eigenvalue weighted by Gasteiger charge is 2.33. The number of rotatable bonds is 3. The normalized spacial score (nSPS) is 35.3. The summed E-state index contributed by atoms with van der Waals surface area (Å²) in [6.45, 7) is 9.71. The first-order valence-electron chi connectivity index (χ1n) is 7.14. The minimum atomic E-state index is 0.784. The summed E-state index contributed by atoms with van der Waals surface area (Å²) in [6.07, 6.45) is 9.45. The van der Waals surface area contributed by atoms with Crippen LogP contribution in [0.2, 0.25) is 0 Å². The maximum atomic E-state index is 2.72. The topological polar surface area (TPSA) is 3.24 Å². The second-order valence-corrected chi connectivity index (χ2v) is 5.95. The van der Waals surface area contributed by atoms with Crippen LogP contribution in [0.25, 0.3) is 0 Å². The summed E-state index contributed by atoms with van der Waals surface area (Å²) in [5.74, 6) is 1.67. The molecule has 0 aromatic heterocycles. The number of fused-ring (bicyclic) bond motifs is 1. The summed E-state index contributed by atoms with van der Waals surface area (Å²) in [5, 5.41) is 0. The zero-order chi connectivity index (χ0) is 11.5. The first-order valence-corrected chi connectivity index (χ1v) is 7.14. The summed E-state index contributed by atoms with van der Waals surface area (Å²) in [6, 6.07) is 0.902. The molecule has 2 heterocycles. The Morgan fingerprint density at radius 1 is 1.50 bits per heavy atom. The summed E-state index contributed by atoms with van der Waals surface area (Å²) >= 11 is 0. The van der Waals surface area contributed by atoms with Gasteiger partial charge >= 0.3 is 0 Å². The fourth-order valence-electron chi connectivity index (χ4n) is 3.63. The standard InChI is InChI=1S/C15H27N/c1-4-6-12(2)9-14-10-13(3)15-7-5-8-16(15)11-14/h9,12-13,15H,4-8,10-11H2,1-3H3/b14-9-. The molecule has 3 atom stereocenters. The van der Waals surface area contributed by atoms with Gasteiger partial charge in [-0.1, -0.05) is 38.8 Å². The van der Waals surface area contributed by atoms with Crippen molar-refractivity contribution in [3.8, 4) is 0 Å². The molecule has 16 heavy (non-hydrogen) atoms. The third kappa shape index (κ3) is 2.68. The quantitative estimate of drug-likeness (QED) is 0.654. The second-order valence-electron chi connectivity index (χ2n) is 5.95. The van der Waals surface area contributed by atoms with E-state index in [0.717, 1.165) is 17.9 Å². The maximum absolute atomic E-state index is 2.72. The fourth-order valence-corrected chi connectivity index (χ4v) is 3.63. The van der Waals surface area contributed by atoms with Crippen LogP contribution in [0.1, 0.15) is 52.9 Å². The van der Waals surface area contributed by atoms with E-state index in [0.29, 0.717) is 0 Å². The molecule has 1 nitrogen and oxygen atoms in total. The molecule has 0 aromatic rings. The summed E-state index contributed by atoms with van der Waals surface area (Å²) in [7, 11) is 0. The molecule has 0 aliphatic carbocycles. The van der Waals surface area contributed by atoms with Crippen molar-refractivity contribution in [2.75, 3.05) is 13.1 Å². The van der Waals surface area contributed by atoms with E-state index in [9.17, 15) is 0 Å². The van der Waals surface area contributed by atoms with Crippen LogP contribution >= 0.6 is 0 Å². The molecule has 0 amide bonds. The summed E-state index contributed by atoms with van der Waals surface area (Å²) in [5.41, 5.74) is 1.71. The Morgan fingerprint density at radius 3 is 3.06 bits per heavy atom. The largest absolute Gasteiger partial charge is 0.296 e. The van der Waals surface area contributed by atoms with E-state index < -0.39 is 0 Å². The first kappa shape index (κ1) is 12.2. The van der Waals surface area contributed by atoms with Gasteiger partial charge in [0, 0.05) is 12.6 Å². The van der Waals surface area contributed by atoms with Gasteiger partial charge in [0.15, 0.2) is 0 Å². The van der Waals surface area contributed by atoms with Gasteiger partial charge in [-0.3, -0.25) is 4.90 Å². The molecule has 0 spiro atoms. The van der Waals surface area contributed by atoms with E-state index in [1.165, 1.54) is 45.2 Å². The van der Waals surface area contributed by atoms with Crippen molar-refractivity contribution < 1.29 is 0 Å². The Bertz CT molecular complexity index is 256. The van der Waals surface area contributed by atoms with Gasteiger partial charge in [-0.25, -0.2) is 0 Å². The Morgan fingerprint density at radius 2 is 2.31 bits per heavy atom. The predicted molar refractivity (Wildman–Crippen MR) is 70.5 cm³/mol. The molecule has 0 saturated carbocycles. The van der Waals surface area contributed by atoms with Gasteiger partial charge in [-0.2, -0.15) is 0 Å². The number of hydrogen-bond acceptors (Lipinski definition) is 1. The third-order valence-corrected chi connectivity index (χ3v) is 4.33. The van der Waals surface area contributed by atoms with Gasteiger partial charge in [-0.05, 0) is 44.1 Å². The Labute approximate surface area is 101 Å². The van der Waals surface area contributed by atoms with Crippen molar-refractivity contribution in [2.45, 2.75) is 58.9 Å². The minimum Gasteiger partial charge on any atom is -0.296 e. The zero-order valence-electron chi connectivity index (χ0n) is 11.2. The van der Waals surface area contributed by atoms with Crippen molar-refractivity contribution in [2.24, 2.45) is 11.8 Å². The van der Waals surface area contributed by atoms with Crippen molar-refractivity contribution in [3.63, 3.8) is 0 Å². The van der Waals surface area contributed by atoms with E-state index in [1.807, 2.05) is 0 Å². The van der Waals surface area contributed by atoms with Crippen LogP contribution in [0.5, 0.6) is 0 Å². The number of allylic oxidation sites excluding steroid dienone is 1. The Balaban J connectivity index is 1.97. The van der Waals surface area contributed by atoms with Gasteiger partial charge in [0.05, 0.1) is 0 Å². The monoisotopic (exact) mass is 221 g/mol. The van der Waals surface area contributed by atoms with Crippen molar-refractivity contribution in [1.29, 1.82) is 0 Å². The van der Waals surface area contributed by atoms with Crippen molar-refractivity contribution >= 4 is 0 Å². The zero-order valence-corrected chi connectivity index (χ0v) is 11.2. The molecule has 3 unspecified atom stereocenters. The lowest BCUT2D eigenvalue weighted by Crippen LogP contribution is -2.40. The van der Waals surface area contributed by atoms with E-state index in [-0.39, 0.29) is 0 Å². The molecule has 2 aliphatic rings. The third-order valence-electron chi connectivity index (χ3n) is 4.33. The lowest BCUT2D eigenvalue weighted by Gasteiger charge is -2.36. The van der Waals surface area contributed by atoms with E-state index >= 15 is 0 Å². The highest BCUT2D eigenvalue weighted by Crippen LogP contribution is 2.34. The summed E-state index contributed by atoms with van der Waals surface area (Å²) < 4.78 is 0. The van der Waals surface area contributed by atoms with Crippen LogP contribution in [0.15, 0.2) is 11.6 Å². The lowest BCUT2D eigenvalue weighted by atomic mass is 9.86. The van der Waals surface area contributed by atoms with Crippen molar-refractivity contribution in [1.82, 2.24) is 4.90 Å². The van der Waals surface area contributed by atoms with E-state index in [1.54, 1.807) is 5.57 Å². The smallest absolute Gasteiger partial charge is 0.0196 e. The second kappa shape index (κ2) is 5.35. The molecule has 0 N–H and O–H groups in total. The maximum Gasteiger partial charge on any atom is 0.0196 e. The highest BCUT2D eigenvalue weighted by molar-refractivity contribution is 5.13. The highest BCUT2D eigenvalue weighted by atomic mass is 15.2. The molecular formula is C15H27N. The van der Waals surface area contributed by atoms with Gasteiger partial charge < -0.3 is 0 Å². The van der Waals surface area contributed by atoms with Gasteiger partial charge in [-0.15, -0.1) is 0 Å². The van der Waals surface area contributed by atoms with Crippen LogP contribution < -0.4 is 0 Å². The predicted octanol–water partition coefficient (Wildman–Crippen LogP) is 3.85. The number of nitrogens with zero attached hydrogens (tertiary/aromatic N) is 1. The molecule has 2 rings (SSSR count). The molecule has 0 bridgehead atoms. The molecule has 2 aliphatic heterocycles. The molecule has 1 heteroatoms. The van der Waals surface area contributed by atoms with Crippen LogP contribution in [-0.4, -0.2) is 24.0 Å². The van der Waals surface area contributed by atoms with Crippen molar-refractivity contribution in [3.05, 3.63) is 11.6 Å². The molecule has 2 fully saturated rings. The van der Waals surface area contributed by atoms with Gasteiger partial charge in [0.25, 0.3) is 0 Å². The van der Waals surface area contributed by atoms with Gasteiger partial charge in [0.1, 0.15) is 0 Å². The first-order chi connectivity index (χ1) is 7.70. The summed E-state index contributed by atoms with van der Waals surface area (Å²) in [4.78, 5) is 2.72. The SMILES string of the molecule is CCCC(C)/C=C1/CC(C)C2CCCN2C1. The molecule has 92 valence electrons. The Kier molecular flexibility index (Phi) is 4.07. The average molecular weight is 221 g/mol. The average Bonchev–Trinajstić information content (AvgIpc) is 2.66. The number of piperidine rings is 1. The minimum absolute atomic E-state index is 0.784. The fraction of sp³-hybridized carbons (Fsp3) is 0.867. The van der Waals surface area contributed by atoms with Crippen LogP contribution in [0.4, 0.5) is 0 Å². The van der Waals surface area contributed by atoms with Gasteiger partial charge in [0.2, 0.25) is 0 Å². The molecule has 0 aromatic carbocycles. The van der Waals surface area contributed by atoms with Crippen LogP contribution in [0, 0.1) is 11.8 Å².